The molecular formula is C15H16N4OS. The number of anilines is 1. The lowest BCUT2D eigenvalue weighted by Crippen LogP contribution is -2.44. The summed E-state index contributed by atoms with van der Waals surface area (Å²) in [6.07, 6.45) is 3.40. The molecule has 1 aromatic carbocycles. The minimum absolute atomic E-state index is 0.0102. The van der Waals surface area contributed by atoms with Crippen molar-refractivity contribution in [1.29, 1.82) is 0 Å². The van der Waals surface area contributed by atoms with Crippen LogP contribution in [0.3, 0.4) is 0 Å². The van der Waals surface area contributed by atoms with E-state index in [1.165, 1.54) is 0 Å². The third kappa shape index (κ3) is 2.67. The van der Waals surface area contributed by atoms with Gasteiger partial charge in [-0.2, -0.15) is 0 Å². The molecule has 1 atom stereocenters. The van der Waals surface area contributed by atoms with Gasteiger partial charge in [0.25, 0.3) is 0 Å². The molecule has 0 bridgehead atoms. The molecule has 0 spiro atoms. The zero-order chi connectivity index (χ0) is 14.8. The van der Waals surface area contributed by atoms with Crippen molar-refractivity contribution < 1.29 is 4.79 Å². The van der Waals surface area contributed by atoms with Gasteiger partial charge in [-0.15, -0.1) is 0 Å². The Morgan fingerprint density at radius 3 is 3.00 bits per heavy atom. The van der Waals surface area contributed by atoms with Crippen molar-refractivity contribution in [3.63, 3.8) is 0 Å². The van der Waals surface area contributed by atoms with E-state index in [-0.39, 0.29) is 16.9 Å². The average Bonchev–Trinajstić information content (AvgIpc) is 2.49. The van der Waals surface area contributed by atoms with Crippen molar-refractivity contribution in [1.82, 2.24) is 10.3 Å². The van der Waals surface area contributed by atoms with Crippen LogP contribution in [-0.2, 0) is 4.79 Å². The zero-order valence-corrected chi connectivity index (χ0v) is 12.2. The standard InChI is InChI=1S/C15H16N4OS/c16-14(21)10-8-18-11-5-2-1-4-9(11)13(10)19-12-6-3-7-17-15(12)20/h1-2,4-5,8,12H,3,6-7H2,(H2,16,21)(H,17,20)(H,18,19). The van der Waals surface area contributed by atoms with Gasteiger partial charge in [-0.25, -0.2) is 0 Å². The molecule has 108 valence electrons. The maximum absolute atomic E-state index is 12.0. The number of aromatic nitrogens is 1. The Labute approximate surface area is 127 Å². The van der Waals surface area contributed by atoms with Crippen LogP contribution in [0.25, 0.3) is 10.9 Å². The van der Waals surface area contributed by atoms with E-state index in [0.29, 0.717) is 5.56 Å². The molecule has 0 aliphatic carbocycles. The summed E-state index contributed by atoms with van der Waals surface area (Å²) in [5.74, 6) is 0.0102. The van der Waals surface area contributed by atoms with Gasteiger partial charge in [0.05, 0.1) is 16.8 Å². The lowest BCUT2D eigenvalue weighted by Gasteiger charge is -2.25. The van der Waals surface area contributed by atoms with Crippen molar-refractivity contribution in [2.75, 3.05) is 11.9 Å². The predicted molar refractivity (Wildman–Crippen MR) is 87.3 cm³/mol. The van der Waals surface area contributed by atoms with Crippen molar-refractivity contribution in [3.05, 3.63) is 36.0 Å². The molecular weight excluding hydrogens is 284 g/mol. The lowest BCUT2D eigenvalue weighted by atomic mass is 10.0. The number of rotatable bonds is 3. The van der Waals surface area contributed by atoms with Gasteiger partial charge in [0.2, 0.25) is 5.91 Å². The van der Waals surface area contributed by atoms with Gasteiger partial charge in [-0.05, 0) is 18.9 Å². The fourth-order valence-corrected chi connectivity index (χ4v) is 2.72. The van der Waals surface area contributed by atoms with Crippen LogP contribution < -0.4 is 16.4 Å². The molecule has 1 amide bonds. The average molecular weight is 300 g/mol. The van der Waals surface area contributed by atoms with E-state index in [2.05, 4.69) is 15.6 Å². The number of nitrogens with zero attached hydrogens (tertiary/aromatic N) is 1. The quantitative estimate of drug-likeness (QED) is 0.750. The van der Waals surface area contributed by atoms with E-state index in [4.69, 9.17) is 18.0 Å². The van der Waals surface area contributed by atoms with Crippen molar-refractivity contribution in [2.24, 2.45) is 5.73 Å². The number of pyridine rings is 1. The van der Waals surface area contributed by atoms with Crippen LogP contribution >= 0.6 is 12.2 Å². The number of fused-ring (bicyclic) bond motifs is 1. The van der Waals surface area contributed by atoms with Crippen LogP contribution in [0.5, 0.6) is 0 Å². The van der Waals surface area contributed by atoms with Crippen LogP contribution in [0.1, 0.15) is 18.4 Å². The molecule has 0 saturated carbocycles. The summed E-state index contributed by atoms with van der Waals surface area (Å²) in [6, 6.07) is 7.46. The third-order valence-electron chi connectivity index (χ3n) is 3.64. The highest BCUT2D eigenvalue weighted by molar-refractivity contribution is 7.80. The molecule has 5 nitrogen and oxygen atoms in total. The van der Waals surface area contributed by atoms with Crippen LogP contribution in [-0.4, -0.2) is 28.5 Å². The first kappa shape index (κ1) is 13.8. The van der Waals surface area contributed by atoms with E-state index >= 15 is 0 Å². The number of thiocarbonyl (C=S) groups is 1. The fourth-order valence-electron chi connectivity index (χ4n) is 2.57. The number of piperidine rings is 1. The molecule has 0 radical (unpaired) electrons. The van der Waals surface area contributed by atoms with Crippen LogP contribution in [0.2, 0.25) is 0 Å². The van der Waals surface area contributed by atoms with Gasteiger partial charge < -0.3 is 16.4 Å². The molecule has 2 aromatic rings. The summed E-state index contributed by atoms with van der Waals surface area (Å²) < 4.78 is 0. The van der Waals surface area contributed by atoms with Gasteiger partial charge in [0, 0.05) is 18.1 Å². The van der Waals surface area contributed by atoms with Crippen LogP contribution in [0.4, 0.5) is 5.69 Å². The predicted octanol–water partition coefficient (Wildman–Crippen LogP) is 1.56. The molecule has 6 heteroatoms. The number of hydrogen-bond acceptors (Lipinski definition) is 4. The first-order valence-electron chi connectivity index (χ1n) is 6.88. The van der Waals surface area contributed by atoms with Crippen LogP contribution in [0.15, 0.2) is 30.5 Å². The molecule has 1 unspecified atom stereocenters. The SMILES string of the molecule is NC(=S)c1cnc2ccccc2c1NC1CCCNC1=O. The summed E-state index contributed by atoms with van der Waals surface area (Å²) in [7, 11) is 0. The summed E-state index contributed by atoms with van der Waals surface area (Å²) in [6.45, 7) is 0.732. The highest BCUT2D eigenvalue weighted by Gasteiger charge is 2.23. The summed E-state index contributed by atoms with van der Waals surface area (Å²) in [4.78, 5) is 16.6. The number of carbonyl (C=O) groups excluding carboxylic acids is 1. The molecule has 3 rings (SSSR count). The summed E-state index contributed by atoms with van der Waals surface area (Å²) in [5.41, 5.74) is 8.10. The fraction of sp³-hybridized carbons (Fsp3) is 0.267. The molecule has 4 N–H and O–H groups in total. The molecule has 1 aliphatic rings. The van der Waals surface area contributed by atoms with Crippen molar-refractivity contribution in [3.8, 4) is 0 Å². The van der Waals surface area contributed by atoms with E-state index < -0.39 is 0 Å². The Kier molecular flexibility index (Phi) is 3.70. The minimum Gasteiger partial charge on any atom is -0.389 e. The van der Waals surface area contributed by atoms with Crippen molar-refractivity contribution >= 4 is 39.7 Å². The van der Waals surface area contributed by atoms with Gasteiger partial charge in [0.15, 0.2) is 0 Å². The number of para-hydroxylation sites is 1. The van der Waals surface area contributed by atoms with Crippen LogP contribution in [0, 0.1) is 0 Å². The van der Waals surface area contributed by atoms with Gasteiger partial charge in [-0.1, -0.05) is 30.4 Å². The lowest BCUT2D eigenvalue weighted by molar-refractivity contribution is -0.123. The second kappa shape index (κ2) is 5.65. The maximum Gasteiger partial charge on any atom is 0.242 e. The number of nitrogens with two attached hydrogens (primary N) is 1. The summed E-state index contributed by atoms with van der Waals surface area (Å²) in [5, 5.41) is 7.09. The van der Waals surface area contributed by atoms with Gasteiger partial charge in [-0.3, -0.25) is 9.78 Å². The van der Waals surface area contributed by atoms with E-state index in [0.717, 1.165) is 36.0 Å². The Balaban J connectivity index is 2.07. The second-order valence-electron chi connectivity index (χ2n) is 5.06. The molecule has 1 aliphatic heterocycles. The minimum atomic E-state index is -0.266. The molecule has 1 saturated heterocycles. The first-order valence-corrected chi connectivity index (χ1v) is 7.29. The second-order valence-corrected chi connectivity index (χ2v) is 5.50. The van der Waals surface area contributed by atoms with E-state index in [9.17, 15) is 4.79 Å². The number of hydrogen-bond donors (Lipinski definition) is 3. The Bertz CT molecular complexity index is 716. The molecule has 21 heavy (non-hydrogen) atoms. The zero-order valence-electron chi connectivity index (χ0n) is 11.4. The molecule has 1 aromatic heterocycles. The number of carbonyl (C=O) groups is 1. The maximum atomic E-state index is 12.0. The number of amides is 1. The van der Waals surface area contributed by atoms with Gasteiger partial charge in [0.1, 0.15) is 11.0 Å². The smallest absolute Gasteiger partial charge is 0.242 e. The first-order chi connectivity index (χ1) is 10.2. The Morgan fingerprint density at radius 2 is 2.24 bits per heavy atom. The largest absolute Gasteiger partial charge is 0.389 e. The van der Waals surface area contributed by atoms with E-state index in [1.54, 1.807) is 6.20 Å². The normalized spacial score (nSPS) is 18.3. The Hall–Kier alpha value is -2.21. The molecule has 1 fully saturated rings. The van der Waals surface area contributed by atoms with Gasteiger partial charge >= 0.3 is 0 Å². The monoisotopic (exact) mass is 300 g/mol. The highest BCUT2D eigenvalue weighted by Crippen LogP contribution is 2.27. The number of nitrogens with one attached hydrogen (secondary N) is 2. The Morgan fingerprint density at radius 1 is 1.43 bits per heavy atom. The highest BCUT2D eigenvalue weighted by atomic mass is 32.1. The van der Waals surface area contributed by atoms with Crippen molar-refractivity contribution in [2.45, 2.75) is 18.9 Å². The number of benzene rings is 1. The van der Waals surface area contributed by atoms with E-state index in [1.807, 2.05) is 24.3 Å². The topological polar surface area (TPSA) is 80.0 Å². The summed E-state index contributed by atoms with van der Waals surface area (Å²) >= 11 is 5.11. The third-order valence-corrected chi connectivity index (χ3v) is 3.86. The molecule has 2 heterocycles.